The Balaban J connectivity index is 1.38. The van der Waals surface area contributed by atoms with Crippen LogP contribution in [0.25, 0.3) is 21.9 Å². The van der Waals surface area contributed by atoms with Crippen molar-refractivity contribution in [2.24, 2.45) is 0 Å². The average Bonchev–Trinajstić information content (AvgIpc) is 3.11. The zero-order valence-electron chi connectivity index (χ0n) is 19.3. The van der Waals surface area contributed by atoms with Crippen LogP contribution in [0.4, 0.5) is 0 Å². The van der Waals surface area contributed by atoms with Gasteiger partial charge in [0.05, 0.1) is 5.52 Å². The van der Waals surface area contributed by atoms with Crippen molar-refractivity contribution in [3.63, 3.8) is 0 Å². The first kappa shape index (κ1) is 21.2. The van der Waals surface area contributed by atoms with Crippen molar-refractivity contribution >= 4 is 33.8 Å². The van der Waals surface area contributed by atoms with Gasteiger partial charge in [0, 0.05) is 49.4 Å². The first-order valence-electron chi connectivity index (χ1n) is 11.4. The number of para-hydroxylation sites is 1. The molecule has 2 aromatic heterocycles. The predicted octanol–water partition coefficient (Wildman–Crippen LogP) is 3.90. The molecule has 0 unspecified atom stereocenters. The Morgan fingerprint density at radius 2 is 1.79 bits per heavy atom. The number of nitrogens with one attached hydrogen (secondary N) is 1. The molecule has 6 heteroatoms. The normalized spacial score (nSPS) is 15.6. The lowest BCUT2D eigenvalue weighted by atomic mass is 9.93. The second kappa shape index (κ2) is 8.35. The number of carbonyl (C=O) groups is 2. The molecule has 1 atom stereocenters. The maximum Gasteiger partial charge on any atom is 0.243 e. The third-order valence-corrected chi connectivity index (χ3v) is 6.64. The molecule has 2 amide bonds. The van der Waals surface area contributed by atoms with Crippen LogP contribution in [0.15, 0.2) is 54.6 Å². The topological polar surface area (TPSA) is 67.2 Å². The van der Waals surface area contributed by atoms with Crippen molar-refractivity contribution in [1.82, 2.24) is 19.8 Å². The van der Waals surface area contributed by atoms with Gasteiger partial charge in [0.2, 0.25) is 11.8 Å². The highest BCUT2D eigenvalue weighted by molar-refractivity contribution is 6.08. The summed E-state index contributed by atoms with van der Waals surface area (Å²) in [5.74, 6) is -0.192. The van der Waals surface area contributed by atoms with Gasteiger partial charge in [-0.3, -0.25) is 9.59 Å². The summed E-state index contributed by atoms with van der Waals surface area (Å²) in [6.45, 7) is 7.20. The third-order valence-electron chi connectivity index (χ3n) is 6.64. The highest BCUT2D eigenvalue weighted by Gasteiger charge is 2.32. The van der Waals surface area contributed by atoms with Gasteiger partial charge in [-0.2, -0.15) is 0 Å². The number of aryl methyl sites for hydroxylation is 2. The van der Waals surface area contributed by atoms with Gasteiger partial charge in [0.25, 0.3) is 0 Å². The van der Waals surface area contributed by atoms with E-state index in [-0.39, 0.29) is 11.8 Å². The highest BCUT2D eigenvalue weighted by atomic mass is 16.2. The average molecular weight is 441 g/mol. The maximum atomic E-state index is 13.2. The Hall–Kier alpha value is -3.67. The maximum absolute atomic E-state index is 13.2. The van der Waals surface area contributed by atoms with E-state index in [1.807, 2.05) is 43.3 Å². The SMILES string of the molecule is CC(=O)N1Cc2ccccc2C[C@H]1C(=O)NCCn1c2ccccc2c2c(C)cc(C)nc21. The van der Waals surface area contributed by atoms with Gasteiger partial charge in [-0.25, -0.2) is 4.98 Å². The fraction of sp³-hybridized carbons (Fsp3) is 0.296. The number of carbonyl (C=O) groups excluding carboxylic acids is 2. The van der Waals surface area contributed by atoms with Crippen molar-refractivity contribution in [3.05, 3.63) is 77.0 Å². The number of hydrogen-bond donors (Lipinski definition) is 1. The molecule has 0 bridgehead atoms. The standard InChI is InChI=1S/C27H28N4O2/c1-17-14-18(2)29-26-25(17)22-10-6-7-11-23(22)30(26)13-12-28-27(33)24-15-20-8-4-5-9-21(20)16-31(24)19(3)32/h4-11,14,24H,12-13,15-16H2,1-3H3,(H,28,33)/t24-/m0/s1. The van der Waals surface area contributed by atoms with E-state index in [4.69, 9.17) is 4.98 Å². The van der Waals surface area contributed by atoms with E-state index in [1.54, 1.807) is 4.90 Å². The fourth-order valence-corrected chi connectivity index (χ4v) is 5.10. The molecular formula is C27H28N4O2. The molecule has 0 aliphatic carbocycles. The van der Waals surface area contributed by atoms with Crippen LogP contribution in [0.5, 0.6) is 0 Å². The largest absolute Gasteiger partial charge is 0.353 e. The minimum absolute atomic E-state index is 0.0813. The minimum Gasteiger partial charge on any atom is -0.353 e. The molecular weight excluding hydrogens is 412 g/mol. The second-order valence-electron chi connectivity index (χ2n) is 8.87. The van der Waals surface area contributed by atoms with E-state index in [0.717, 1.165) is 33.4 Å². The summed E-state index contributed by atoms with van der Waals surface area (Å²) in [7, 11) is 0. The molecule has 1 aliphatic rings. The van der Waals surface area contributed by atoms with Crippen LogP contribution in [0.1, 0.15) is 29.3 Å². The van der Waals surface area contributed by atoms with Crippen LogP contribution in [0.2, 0.25) is 0 Å². The molecule has 168 valence electrons. The van der Waals surface area contributed by atoms with E-state index in [9.17, 15) is 9.59 Å². The monoisotopic (exact) mass is 440 g/mol. The molecule has 0 radical (unpaired) electrons. The Morgan fingerprint density at radius 1 is 1.06 bits per heavy atom. The lowest BCUT2D eigenvalue weighted by Gasteiger charge is -2.35. The van der Waals surface area contributed by atoms with Gasteiger partial charge < -0.3 is 14.8 Å². The molecule has 33 heavy (non-hydrogen) atoms. The second-order valence-corrected chi connectivity index (χ2v) is 8.87. The van der Waals surface area contributed by atoms with Gasteiger partial charge in [-0.1, -0.05) is 42.5 Å². The summed E-state index contributed by atoms with van der Waals surface area (Å²) in [5, 5.41) is 5.42. The van der Waals surface area contributed by atoms with Crippen LogP contribution in [0, 0.1) is 13.8 Å². The van der Waals surface area contributed by atoms with E-state index in [1.165, 1.54) is 17.9 Å². The zero-order valence-corrected chi connectivity index (χ0v) is 19.3. The van der Waals surface area contributed by atoms with Gasteiger partial charge in [0.15, 0.2) is 0 Å². The van der Waals surface area contributed by atoms with E-state index in [2.05, 4.69) is 35.0 Å². The van der Waals surface area contributed by atoms with Crippen molar-refractivity contribution < 1.29 is 9.59 Å². The summed E-state index contributed by atoms with van der Waals surface area (Å²) in [4.78, 5) is 31.9. The van der Waals surface area contributed by atoms with Crippen LogP contribution in [-0.4, -0.2) is 38.9 Å². The predicted molar refractivity (Wildman–Crippen MR) is 130 cm³/mol. The number of fused-ring (bicyclic) bond motifs is 4. The Labute approximate surface area is 193 Å². The molecule has 0 spiro atoms. The van der Waals surface area contributed by atoms with Crippen LogP contribution < -0.4 is 5.32 Å². The van der Waals surface area contributed by atoms with Crippen molar-refractivity contribution in [2.75, 3.05) is 6.54 Å². The van der Waals surface area contributed by atoms with Crippen LogP contribution in [-0.2, 0) is 29.1 Å². The number of nitrogens with zero attached hydrogens (tertiary/aromatic N) is 3. The Kier molecular flexibility index (Phi) is 5.36. The molecule has 6 nitrogen and oxygen atoms in total. The quantitative estimate of drug-likeness (QED) is 0.523. The molecule has 2 aromatic carbocycles. The van der Waals surface area contributed by atoms with Crippen molar-refractivity contribution in [3.8, 4) is 0 Å². The first-order chi connectivity index (χ1) is 15.9. The van der Waals surface area contributed by atoms with Gasteiger partial charge in [-0.15, -0.1) is 0 Å². The molecule has 1 aliphatic heterocycles. The van der Waals surface area contributed by atoms with E-state index >= 15 is 0 Å². The molecule has 5 rings (SSSR count). The smallest absolute Gasteiger partial charge is 0.243 e. The van der Waals surface area contributed by atoms with E-state index < -0.39 is 6.04 Å². The number of pyridine rings is 1. The number of rotatable bonds is 4. The molecule has 3 heterocycles. The summed E-state index contributed by atoms with van der Waals surface area (Å²) in [6.07, 6.45) is 0.539. The molecule has 4 aromatic rings. The first-order valence-corrected chi connectivity index (χ1v) is 11.4. The lowest BCUT2D eigenvalue weighted by Crippen LogP contribution is -2.52. The Morgan fingerprint density at radius 3 is 2.58 bits per heavy atom. The fourth-order valence-electron chi connectivity index (χ4n) is 5.10. The number of aromatic nitrogens is 2. The summed E-state index contributed by atoms with van der Waals surface area (Å²) < 4.78 is 2.18. The Bertz CT molecular complexity index is 1390. The molecule has 1 N–H and O–H groups in total. The van der Waals surface area contributed by atoms with Crippen molar-refractivity contribution in [1.29, 1.82) is 0 Å². The molecule has 0 saturated carbocycles. The molecule has 0 saturated heterocycles. The number of hydrogen-bond acceptors (Lipinski definition) is 3. The summed E-state index contributed by atoms with van der Waals surface area (Å²) in [5.41, 5.74) is 6.48. The zero-order chi connectivity index (χ0) is 23.1. The number of amides is 2. The van der Waals surface area contributed by atoms with Crippen LogP contribution >= 0.6 is 0 Å². The lowest BCUT2D eigenvalue weighted by molar-refractivity contribution is -0.140. The van der Waals surface area contributed by atoms with E-state index in [0.29, 0.717) is 26.1 Å². The van der Waals surface area contributed by atoms with Gasteiger partial charge >= 0.3 is 0 Å². The van der Waals surface area contributed by atoms with Crippen molar-refractivity contribution in [2.45, 2.75) is 46.3 Å². The minimum atomic E-state index is -0.488. The van der Waals surface area contributed by atoms with Gasteiger partial charge in [0.1, 0.15) is 11.7 Å². The summed E-state index contributed by atoms with van der Waals surface area (Å²) >= 11 is 0. The third kappa shape index (κ3) is 3.75. The summed E-state index contributed by atoms with van der Waals surface area (Å²) in [6, 6.07) is 17.9. The van der Waals surface area contributed by atoms with Gasteiger partial charge in [-0.05, 0) is 42.7 Å². The van der Waals surface area contributed by atoms with Crippen LogP contribution in [0.3, 0.4) is 0 Å². The molecule has 0 fully saturated rings. The number of benzene rings is 2. The highest BCUT2D eigenvalue weighted by Crippen LogP contribution is 2.30.